The fraction of sp³-hybridized carbons (Fsp3) is 0.833. The van der Waals surface area contributed by atoms with Gasteiger partial charge in [-0.25, -0.2) is 0 Å². The molecule has 1 amide bonds. The molecule has 0 aromatic rings. The van der Waals surface area contributed by atoms with E-state index < -0.39 is 21.9 Å². The standard InChI is InChI=1S/C6H12NO3S.Y/c1-6(2,3)5(7-4-8)11(9)10;/h5H,1-3H3,(H,7,8)(H,9,10);/q-1;/p-1. The number of amides is 1. The van der Waals surface area contributed by atoms with Crippen molar-refractivity contribution in [2.75, 3.05) is 0 Å². The predicted octanol–water partition coefficient (Wildman–Crippen LogP) is -0.108. The van der Waals surface area contributed by atoms with Gasteiger partial charge in [0.2, 0.25) is 0 Å². The maximum atomic E-state index is 10.5. The molecule has 0 aliphatic carbocycles. The summed E-state index contributed by atoms with van der Waals surface area (Å²) in [5, 5.41) is 1.23. The molecule has 1 radical (unpaired) electrons. The van der Waals surface area contributed by atoms with Crippen LogP contribution in [0.2, 0.25) is 0 Å². The van der Waals surface area contributed by atoms with Crippen molar-refractivity contribution in [2.45, 2.75) is 26.1 Å². The SMILES string of the molecule is CC(C)(C)C(N[C-]=O)S(=O)[O-].[Y]. The molecule has 2 atom stereocenters. The molecule has 0 rings (SSSR count). The zero-order chi connectivity index (χ0) is 9.07. The monoisotopic (exact) mass is 266 g/mol. The van der Waals surface area contributed by atoms with Crippen molar-refractivity contribution in [1.29, 1.82) is 0 Å². The van der Waals surface area contributed by atoms with Crippen LogP contribution in [0.15, 0.2) is 0 Å². The van der Waals surface area contributed by atoms with Crippen LogP contribution >= 0.6 is 0 Å². The summed E-state index contributed by atoms with van der Waals surface area (Å²) in [5.41, 5.74) is -0.496. The first kappa shape index (κ1) is 15.2. The Hall–Kier alpha value is 0.684. The van der Waals surface area contributed by atoms with Crippen molar-refractivity contribution in [1.82, 2.24) is 5.32 Å². The molecule has 0 fully saturated rings. The normalized spacial score (nSPS) is 15.7. The van der Waals surface area contributed by atoms with Gasteiger partial charge in [0.05, 0.1) is 5.37 Å². The van der Waals surface area contributed by atoms with Crippen LogP contribution in [0.3, 0.4) is 0 Å². The van der Waals surface area contributed by atoms with Crippen molar-refractivity contribution >= 4 is 17.5 Å². The van der Waals surface area contributed by atoms with Crippen LogP contribution in [-0.2, 0) is 48.6 Å². The van der Waals surface area contributed by atoms with Crippen LogP contribution in [0.25, 0.3) is 0 Å². The van der Waals surface area contributed by atoms with E-state index in [0.29, 0.717) is 0 Å². The molecule has 69 valence electrons. The molecule has 2 unspecified atom stereocenters. The molecule has 0 aliphatic rings. The van der Waals surface area contributed by atoms with Crippen LogP contribution in [-0.4, -0.2) is 20.5 Å². The third-order valence-corrected chi connectivity index (χ3v) is 2.38. The quantitative estimate of drug-likeness (QED) is 0.440. The second-order valence-electron chi connectivity index (χ2n) is 3.25. The number of hydrogen-bond donors (Lipinski definition) is 1. The largest absolute Gasteiger partial charge is 0.771 e. The fourth-order valence-corrected chi connectivity index (χ4v) is 1.33. The van der Waals surface area contributed by atoms with Gasteiger partial charge in [0.15, 0.2) is 0 Å². The molecule has 0 spiro atoms. The van der Waals surface area contributed by atoms with E-state index in [0.717, 1.165) is 0 Å². The van der Waals surface area contributed by atoms with Crippen LogP contribution < -0.4 is 5.32 Å². The Bertz CT molecular complexity index is 169. The van der Waals surface area contributed by atoms with Gasteiger partial charge in [0.25, 0.3) is 0 Å². The van der Waals surface area contributed by atoms with Gasteiger partial charge in [-0.1, -0.05) is 20.8 Å². The maximum absolute atomic E-state index is 10.5. The van der Waals surface area contributed by atoms with E-state index in [4.69, 9.17) is 0 Å². The van der Waals surface area contributed by atoms with E-state index in [9.17, 15) is 13.6 Å². The van der Waals surface area contributed by atoms with Gasteiger partial charge in [-0.2, -0.15) is 6.41 Å². The summed E-state index contributed by atoms with van der Waals surface area (Å²) >= 11 is -2.30. The fourth-order valence-electron chi connectivity index (χ4n) is 0.607. The molecule has 0 saturated carbocycles. The second kappa shape index (κ2) is 6.19. The first-order valence-corrected chi connectivity index (χ1v) is 4.24. The summed E-state index contributed by atoms with van der Waals surface area (Å²) < 4.78 is 21.0. The minimum Gasteiger partial charge on any atom is -0.771 e. The number of carbonyl (C=O) groups excluding carboxylic acids is 1. The van der Waals surface area contributed by atoms with Crippen molar-refractivity contribution in [3.05, 3.63) is 0 Å². The summed E-state index contributed by atoms with van der Waals surface area (Å²) in [6.07, 6.45) is 1.36. The van der Waals surface area contributed by atoms with E-state index >= 15 is 0 Å². The maximum Gasteiger partial charge on any atom is 0.0665 e. The summed E-state index contributed by atoms with van der Waals surface area (Å²) in [7, 11) is 0. The number of hydrogen-bond acceptors (Lipinski definition) is 3. The third-order valence-electron chi connectivity index (χ3n) is 1.17. The van der Waals surface area contributed by atoms with Crippen LogP contribution in [0.5, 0.6) is 0 Å². The van der Waals surface area contributed by atoms with Gasteiger partial charge in [-0.05, 0) is 16.5 Å². The molecule has 6 heteroatoms. The minimum atomic E-state index is -2.30. The van der Waals surface area contributed by atoms with E-state index in [1.807, 2.05) is 0 Å². The van der Waals surface area contributed by atoms with Crippen LogP contribution in [0.4, 0.5) is 0 Å². The first-order chi connectivity index (χ1) is 4.89. The summed E-state index contributed by atoms with van der Waals surface area (Å²) in [6.45, 7) is 5.16. The predicted molar refractivity (Wildman–Crippen MR) is 41.0 cm³/mol. The van der Waals surface area contributed by atoms with Gasteiger partial charge >= 0.3 is 0 Å². The molecule has 0 saturated heterocycles. The molecular weight excluding hydrogens is 255 g/mol. The molecule has 0 aliphatic heterocycles. The Morgan fingerprint density at radius 3 is 2.00 bits per heavy atom. The minimum absolute atomic E-state index is 0. The van der Waals surface area contributed by atoms with Crippen molar-refractivity contribution in [3.63, 3.8) is 0 Å². The Labute approximate surface area is 100 Å². The van der Waals surface area contributed by atoms with Crippen molar-refractivity contribution in [3.8, 4) is 0 Å². The Kier molecular flexibility index (Phi) is 7.82. The van der Waals surface area contributed by atoms with Crippen LogP contribution in [0, 0.1) is 5.41 Å². The number of nitrogens with one attached hydrogen (secondary N) is 1. The molecule has 1 N–H and O–H groups in total. The molecule has 4 nitrogen and oxygen atoms in total. The van der Waals surface area contributed by atoms with Gasteiger partial charge in [-0.3, -0.25) is 4.21 Å². The first-order valence-electron chi connectivity index (χ1n) is 3.10. The Morgan fingerprint density at radius 1 is 1.50 bits per heavy atom. The molecule has 0 aromatic heterocycles. The van der Waals surface area contributed by atoms with Crippen molar-refractivity contribution < 1.29 is 46.3 Å². The molecule has 0 aromatic carbocycles. The third kappa shape index (κ3) is 5.35. The molecule has 0 bridgehead atoms. The number of rotatable bonds is 3. The van der Waals surface area contributed by atoms with E-state index in [1.165, 1.54) is 6.41 Å². The second-order valence-corrected chi connectivity index (χ2v) is 4.25. The Balaban J connectivity index is 0. The van der Waals surface area contributed by atoms with Gasteiger partial charge in [0.1, 0.15) is 0 Å². The smallest absolute Gasteiger partial charge is 0.0665 e. The van der Waals surface area contributed by atoms with Gasteiger partial charge < -0.3 is 14.7 Å². The van der Waals surface area contributed by atoms with E-state index in [2.05, 4.69) is 5.32 Å². The molecule has 12 heavy (non-hydrogen) atoms. The molecule has 0 heterocycles. The average molecular weight is 266 g/mol. The zero-order valence-electron chi connectivity index (χ0n) is 7.29. The van der Waals surface area contributed by atoms with Gasteiger partial charge in [0, 0.05) is 32.7 Å². The molecular formula is C6H11NO3SY-2. The summed E-state index contributed by atoms with van der Waals surface area (Å²) in [4.78, 5) is 9.86. The zero-order valence-corrected chi connectivity index (χ0v) is 10.9. The van der Waals surface area contributed by atoms with Crippen LogP contribution in [0.1, 0.15) is 20.8 Å². The van der Waals surface area contributed by atoms with Gasteiger partial charge in [-0.15, -0.1) is 0 Å². The summed E-state index contributed by atoms with van der Waals surface area (Å²) in [6, 6.07) is 0. The topological polar surface area (TPSA) is 69.2 Å². The van der Waals surface area contributed by atoms with Crippen molar-refractivity contribution in [2.24, 2.45) is 5.41 Å². The Morgan fingerprint density at radius 2 is 1.92 bits per heavy atom. The van der Waals surface area contributed by atoms with E-state index in [1.54, 1.807) is 20.8 Å². The summed E-state index contributed by atoms with van der Waals surface area (Å²) in [5.74, 6) is 0. The van der Waals surface area contributed by atoms with E-state index in [-0.39, 0.29) is 32.7 Å². The average Bonchev–Trinajstić information content (AvgIpc) is 1.79.